The monoisotopic (exact) mass is 337 g/mol. The van der Waals surface area contributed by atoms with Gasteiger partial charge in [-0.2, -0.15) is 0 Å². The van der Waals surface area contributed by atoms with E-state index in [0.717, 1.165) is 6.42 Å². The van der Waals surface area contributed by atoms with Crippen molar-refractivity contribution in [3.05, 3.63) is 65.7 Å². The molecule has 3 N–H and O–H groups in total. The molecule has 0 saturated heterocycles. The fourth-order valence-corrected chi connectivity index (χ4v) is 3.53. The van der Waals surface area contributed by atoms with Gasteiger partial charge in [0.15, 0.2) is 11.5 Å². The molecule has 130 valence electrons. The molecule has 0 fully saturated rings. The first-order valence-corrected chi connectivity index (χ1v) is 8.40. The molecular formula is C20H23N3O2. The number of amides is 1. The number of rotatable bonds is 5. The second-order valence-electron chi connectivity index (χ2n) is 6.71. The molecule has 2 atom stereocenters. The lowest BCUT2D eigenvalue weighted by Gasteiger charge is -2.29. The van der Waals surface area contributed by atoms with Crippen LogP contribution in [0.2, 0.25) is 0 Å². The number of benzene rings is 2. The second kappa shape index (κ2) is 6.59. The van der Waals surface area contributed by atoms with Crippen molar-refractivity contribution in [3.63, 3.8) is 0 Å². The van der Waals surface area contributed by atoms with Crippen LogP contribution in [0.1, 0.15) is 24.5 Å². The molecule has 0 saturated carbocycles. The molecular weight excluding hydrogens is 314 g/mol. The van der Waals surface area contributed by atoms with E-state index in [0.29, 0.717) is 12.0 Å². The van der Waals surface area contributed by atoms with E-state index in [1.807, 2.05) is 18.2 Å². The molecule has 3 rings (SSSR count). The molecule has 1 amide bonds. The Balaban J connectivity index is 1.96. The number of hydrogen-bond acceptors (Lipinski definition) is 4. The SMILES string of the molecule is CC(Cc1ccccc1)CC1(c2ccccc2O)N=C(N)N(C)C1=O. The van der Waals surface area contributed by atoms with E-state index in [1.54, 1.807) is 31.3 Å². The van der Waals surface area contributed by atoms with Gasteiger partial charge in [-0.25, -0.2) is 4.99 Å². The third kappa shape index (κ3) is 3.09. The topological polar surface area (TPSA) is 78.9 Å². The fraction of sp³-hybridized carbons (Fsp3) is 0.300. The quantitative estimate of drug-likeness (QED) is 0.880. The molecule has 0 aromatic heterocycles. The second-order valence-corrected chi connectivity index (χ2v) is 6.71. The Morgan fingerprint density at radius 1 is 1.16 bits per heavy atom. The molecule has 1 heterocycles. The molecule has 0 bridgehead atoms. The molecule has 1 aliphatic rings. The summed E-state index contributed by atoms with van der Waals surface area (Å²) >= 11 is 0. The average molecular weight is 337 g/mol. The summed E-state index contributed by atoms with van der Waals surface area (Å²) in [5.74, 6) is 0.218. The van der Waals surface area contributed by atoms with Crippen LogP contribution in [0.3, 0.4) is 0 Å². The van der Waals surface area contributed by atoms with Crippen LogP contribution in [-0.4, -0.2) is 28.9 Å². The minimum atomic E-state index is -1.17. The molecule has 2 aromatic rings. The van der Waals surface area contributed by atoms with Crippen molar-refractivity contribution in [2.24, 2.45) is 16.6 Å². The number of carbonyl (C=O) groups excluding carboxylic acids is 1. The standard InChI is InChI=1S/C20H23N3O2/c1-14(12-15-8-4-3-5-9-15)13-20(16-10-6-7-11-17(16)24)18(25)23(2)19(21)22-20/h3-11,14,24H,12-13H2,1-2H3,(H2,21,22). The van der Waals surface area contributed by atoms with Crippen molar-refractivity contribution >= 4 is 11.9 Å². The number of phenols is 1. The Morgan fingerprint density at radius 3 is 2.40 bits per heavy atom. The Bertz CT molecular complexity index is 804. The molecule has 2 unspecified atom stereocenters. The number of guanidine groups is 1. The van der Waals surface area contributed by atoms with Crippen LogP contribution in [0.4, 0.5) is 0 Å². The van der Waals surface area contributed by atoms with Crippen molar-refractivity contribution in [3.8, 4) is 5.75 Å². The van der Waals surface area contributed by atoms with E-state index < -0.39 is 5.54 Å². The smallest absolute Gasteiger partial charge is 0.261 e. The number of aromatic hydroxyl groups is 1. The Labute approximate surface area is 147 Å². The molecule has 25 heavy (non-hydrogen) atoms. The highest BCUT2D eigenvalue weighted by molar-refractivity contribution is 6.07. The van der Waals surface area contributed by atoms with Crippen LogP contribution in [0, 0.1) is 5.92 Å². The fourth-order valence-electron chi connectivity index (χ4n) is 3.53. The first-order chi connectivity index (χ1) is 11.9. The van der Waals surface area contributed by atoms with Crippen molar-refractivity contribution in [2.45, 2.75) is 25.3 Å². The Kier molecular flexibility index (Phi) is 4.49. The number of hydrogen-bond donors (Lipinski definition) is 2. The highest BCUT2D eigenvalue weighted by atomic mass is 16.3. The van der Waals surface area contributed by atoms with Crippen LogP contribution in [0.25, 0.3) is 0 Å². The molecule has 0 radical (unpaired) electrons. The van der Waals surface area contributed by atoms with Crippen molar-refractivity contribution in [2.75, 3.05) is 7.05 Å². The number of phenolic OH excluding ortho intramolecular Hbond substituents is 1. The highest BCUT2D eigenvalue weighted by Crippen LogP contribution is 2.42. The maximum absolute atomic E-state index is 13.0. The summed E-state index contributed by atoms with van der Waals surface area (Å²) in [6.45, 7) is 2.09. The Hall–Kier alpha value is -2.82. The molecule has 0 spiro atoms. The largest absolute Gasteiger partial charge is 0.508 e. The van der Waals surface area contributed by atoms with Crippen LogP contribution < -0.4 is 5.73 Å². The van der Waals surface area contributed by atoms with Gasteiger partial charge in [0.1, 0.15) is 5.75 Å². The summed E-state index contributed by atoms with van der Waals surface area (Å²) in [6, 6.07) is 17.0. The molecule has 5 heteroatoms. The number of para-hydroxylation sites is 1. The van der Waals surface area contributed by atoms with Crippen LogP contribution in [0.5, 0.6) is 5.75 Å². The summed E-state index contributed by atoms with van der Waals surface area (Å²) < 4.78 is 0. The van der Waals surface area contributed by atoms with Gasteiger partial charge in [0.2, 0.25) is 0 Å². The zero-order valence-corrected chi connectivity index (χ0v) is 14.5. The maximum Gasteiger partial charge on any atom is 0.261 e. The van der Waals surface area contributed by atoms with Crippen molar-refractivity contribution < 1.29 is 9.90 Å². The van der Waals surface area contributed by atoms with Crippen LogP contribution >= 0.6 is 0 Å². The van der Waals surface area contributed by atoms with E-state index in [-0.39, 0.29) is 23.5 Å². The zero-order valence-electron chi connectivity index (χ0n) is 14.5. The third-order valence-corrected chi connectivity index (χ3v) is 4.73. The first-order valence-electron chi connectivity index (χ1n) is 8.40. The lowest BCUT2D eigenvalue weighted by Crippen LogP contribution is -2.41. The minimum absolute atomic E-state index is 0.0645. The number of nitrogens with zero attached hydrogens (tertiary/aromatic N) is 2. The van der Waals surface area contributed by atoms with Crippen LogP contribution in [-0.2, 0) is 16.8 Å². The van der Waals surface area contributed by atoms with Gasteiger partial charge in [-0.1, -0.05) is 55.5 Å². The van der Waals surface area contributed by atoms with E-state index in [4.69, 9.17) is 5.73 Å². The summed E-state index contributed by atoms with van der Waals surface area (Å²) in [5.41, 5.74) is 6.48. The van der Waals surface area contributed by atoms with Crippen molar-refractivity contribution in [1.29, 1.82) is 0 Å². The first kappa shape index (κ1) is 17.0. The predicted octanol–water partition coefficient (Wildman–Crippen LogP) is 2.64. The summed E-state index contributed by atoms with van der Waals surface area (Å²) in [6.07, 6.45) is 1.30. The lowest BCUT2D eigenvalue weighted by molar-refractivity contribution is -0.131. The van der Waals surface area contributed by atoms with E-state index >= 15 is 0 Å². The van der Waals surface area contributed by atoms with E-state index in [9.17, 15) is 9.90 Å². The van der Waals surface area contributed by atoms with Gasteiger partial charge < -0.3 is 10.8 Å². The van der Waals surface area contributed by atoms with E-state index in [2.05, 4.69) is 24.0 Å². The molecule has 5 nitrogen and oxygen atoms in total. The normalized spacial score (nSPS) is 21.3. The van der Waals surface area contributed by atoms with Gasteiger partial charge in [-0.3, -0.25) is 9.69 Å². The lowest BCUT2D eigenvalue weighted by atomic mass is 9.79. The highest BCUT2D eigenvalue weighted by Gasteiger charge is 2.49. The van der Waals surface area contributed by atoms with Gasteiger partial charge in [-0.15, -0.1) is 0 Å². The van der Waals surface area contributed by atoms with Gasteiger partial charge >= 0.3 is 0 Å². The average Bonchev–Trinajstić information content (AvgIpc) is 2.80. The van der Waals surface area contributed by atoms with Gasteiger partial charge in [-0.05, 0) is 30.4 Å². The summed E-state index contributed by atoms with van der Waals surface area (Å²) in [7, 11) is 1.62. The summed E-state index contributed by atoms with van der Waals surface area (Å²) in [5, 5.41) is 10.3. The van der Waals surface area contributed by atoms with Crippen molar-refractivity contribution in [1.82, 2.24) is 4.90 Å². The van der Waals surface area contributed by atoms with Gasteiger partial charge in [0, 0.05) is 12.6 Å². The molecule has 0 aliphatic carbocycles. The predicted molar refractivity (Wildman–Crippen MR) is 98.1 cm³/mol. The number of nitrogens with two attached hydrogens (primary N) is 1. The molecule has 2 aromatic carbocycles. The van der Waals surface area contributed by atoms with Gasteiger partial charge in [0.25, 0.3) is 5.91 Å². The number of likely N-dealkylation sites (N-methyl/N-ethyl adjacent to an activating group) is 1. The summed E-state index contributed by atoms with van der Waals surface area (Å²) in [4.78, 5) is 18.9. The number of aliphatic imine (C=N–C) groups is 1. The van der Waals surface area contributed by atoms with Gasteiger partial charge in [0.05, 0.1) is 0 Å². The van der Waals surface area contributed by atoms with E-state index in [1.165, 1.54) is 10.5 Å². The molecule has 1 aliphatic heterocycles. The Morgan fingerprint density at radius 2 is 1.80 bits per heavy atom. The minimum Gasteiger partial charge on any atom is -0.508 e. The third-order valence-electron chi connectivity index (χ3n) is 4.73. The zero-order chi connectivity index (χ0) is 18.0. The van der Waals surface area contributed by atoms with Crippen LogP contribution in [0.15, 0.2) is 59.6 Å². The maximum atomic E-state index is 13.0. The number of carbonyl (C=O) groups is 1.